The number of amidine groups is 1. The molecule has 2 aromatic carbocycles. The predicted octanol–water partition coefficient (Wildman–Crippen LogP) is 3.84. The molecule has 1 fully saturated rings. The van der Waals surface area contributed by atoms with Gasteiger partial charge in [0.25, 0.3) is 0 Å². The summed E-state index contributed by atoms with van der Waals surface area (Å²) in [5.41, 5.74) is 2.08. The van der Waals surface area contributed by atoms with Gasteiger partial charge in [0, 0.05) is 6.61 Å². The van der Waals surface area contributed by atoms with Crippen LogP contribution in [0.1, 0.15) is 36.9 Å². The number of ether oxygens (including phenoxy) is 2. The van der Waals surface area contributed by atoms with Gasteiger partial charge in [0.05, 0.1) is 18.8 Å². The molecule has 136 valence electrons. The van der Waals surface area contributed by atoms with Gasteiger partial charge < -0.3 is 14.8 Å². The summed E-state index contributed by atoms with van der Waals surface area (Å²) < 4.78 is 11.5. The third kappa shape index (κ3) is 3.53. The maximum absolute atomic E-state index is 5.90. The molecule has 3 atom stereocenters. The van der Waals surface area contributed by atoms with E-state index in [4.69, 9.17) is 14.5 Å². The number of nitrogens with zero attached hydrogens (tertiary/aromatic N) is 1. The largest absolute Gasteiger partial charge is 0.376 e. The minimum atomic E-state index is -0.356. The average Bonchev–Trinajstić information content (AvgIpc) is 3.32. The fourth-order valence-electron chi connectivity index (χ4n) is 3.88. The molecule has 0 amide bonds. The summed E-state index contributed by atoms with van der Waals surface area (Å²) in [6.07, 6.45) is 2.46. The lowest BCUT2D eigenvalue weighted by Gasteiger charge is -2.30. The molecule has 2 aromatic rings. The first-order valence-corrected chi connectivity index (χ1v) is 9.41. The maximum atomic E-state index is 5.90. The van der Waals surface area contributed by atoms with Crippen LogP contribution < -0.4 is 5.32 Å². The Morgan fingerprint density at radius 2 is 1.85 bits per heavy atom. The molecular weight excluding hydrogens is 324 g/mol. The second-order valence-electron chi connectivity index (χ2n) is 7.21. The van der Waals surface area contributed by atoms with Gasteiger partial charge in [-0.15, -0.1) is 0 Å². The monoisotopic (exact) mass is 350 g/mol. The van der Waals surface area contributed by atoms with Gasteiger partial charge in [-0.2, -0.15) is 0 Å². The molecule has 2 aliphatic rings. The SMILES string of the molecule is CC1(c2ccccc2)N=C(COCC2CCCO2)NC1c1ccccc1. The van der Waals surface area contributed by atoms with E-state index in [2.05, 4.69) is 60.8 Å². The normalized spacial score (nSPS) is 28.0. The second kappa shape index (κ2) is 7.60. The summed E-state index contributed by atoms with van der Waals surface area (Å²) in [5.74, 6) is 0.906. The molecule has 0 aliphatic carbocycles. The fourth-order valence-corrected chi connectivity index (χ4v) is 3.88. The zero-order valence-corrected chi connectivity index (χ0v) is 15.2. The summed E-state index contributed by atoms with van der Waals surface area (Å²) in [7, 11) is 0. The lowest BCUT2D eigenvalue weighted by Crippen LogP contribution is -2.34. The molecule has 2 aliphatic heterocycles. The molecule has 0 saturated carbocycles. The Morgan fingerprint density at radius 1 is 1.12 bits per heavy atom. The van der Waals surface area contributed by atoms with Crippen LogP contribution in [0.15, 0.2) is 65.7 Å². The number of benzene rings is 2. The van der Waals surface area contributed by atoms with Crippen LogP contribution >= 0.6 is 0 Å². The Morgan fingerprint density at radius 3 is 2.54 bits per heavy atom. The third-order valence-electron chi connectivity index (χ3n) is 5.30. The van der Waals surface area contributed by atoms with Crippen LogP contribution in [0.4, 0.5) is 0 Å². The predicted molar refractivity (Wildman–Crippen MR) is 103 cm³/mol. The molecule has 3 unspecified atom stereocenters. The Hall–Kier alpha value is -2.17. The number of rotatable bonds is 6. The summed E-state index contributed by atoms with van der Waals surface area (Å²) >= 11 is 0. The quantitative estimate of drug-likeness (QED) is 0.861. The standard InChI is InChI=1S/C22H26N2O2/c1-22(18-11-6-3-7-12-18)21(17-9-4-2-5-10-17)23-20(24-22)16-25-15-19-13-8-14-26-19/h2-7,9-12,19,21H,8,13-16H2,1H3,(H,23,24). The van der Waals surface area contributed by atoms with Gasteiger partial charge in [0.2, 0.25) is 0 Å². The highest BCUT2D eigenvalue weighted by molar-refractivity contribution is 5.86. The molecule has 0 aromatic heterocycles. The average molecular weight is 350 g/mol. The molecule has 26 heavy (non-hydrogen) atoms. The molecule has 1 N–H and O–H groups in total. The Labute approximate surface area is 155 Å². The molecule has 2 heterocycles. The number of aliphatic imine (C=N–C) groups is 1. The van der Waals surface area contributed by atoms with Crippen molar-refractivity contribution >= 4 is 5.84 Å². The topological polar surface area (TPSA) is 42.9 Å². The number of hydrogen-bond acceptors (Lipinski definition) is 4. The summed E-state index contributed by atoms with van der Waals surface area (Å²) in [5, 5.41) is 3.61. The van der Waals surface area contributed by atoms with E-state index < -0.39 is 0 Å². The molecule has 0 bridgehead atoms. The van der Waals surface area contributed by atoms with Gasteiger partial charge in [-0.25, -0.2) is 0 Å². The maximum Gasteiger partial charge on any atom is 0.124 e. The van der Waals surface area contributed by atoms with E-state index in [1.54, 1.807) is 0 Å². The van der Waals surface area contributed by atoms with Crippen molar-refractivity contribution in [1.82, 2.24) is 5.32 Å². The van der Waals surface area contributed by atoms with Gasteiger partial charge in [-0.05, 0) is 30.9 Å². The van der Waals surface area contributed by atoms with Crippen molar-refractivity contribution in [2.24, 2.45) is 4.99 Å². The van der Waals surface area contributed by atoms with E-state index in [-0.39, 0.29) is 17.7 Å². The molecule has 1 saturated heterocycles. The number of nitrogens with one attached hydrogen (secondary N) is 1. The van der Waals surface area contributed by atoms with Crippen LogP contribution in [0.25, 0.3) is 0 Å². The molecule has 4 nitrogen and oxygen atoms in total. The lowest BCUT2D eigenvalue weighted by atomic mass is 9.82. The minimum absolute atomic E-state index is 0.0902. The Balaban J connectivity index is 1.53. The molecule has 0 radical (unpaired) electrons. The van der Waals surface area contributed by atoms with E-state index in [0.29, 0.717) is 13.2 Å². The van der Waals surface area contributed by atoms with E-state index in [0.717, 1.165) is 25.3 Å². The molecule has 0 spiro atoms. The van der Waals surface area contributed by atoms with Crippen molar-refractivity contribution < 1.29 is 9.47 Å². The van der Waals surface area contributed by atoms with Gasteiger partial charge in [-0.1, -0.05) is 60.7 Å². The highest BCUT2D eigenvalue weighted by Crippen LogP contribution is 2.41. The van der Waals surface area contributed by atoms with Crippen molar-refractivity contribution in [3.05, 3.63) is 71.8 Å². The van der Waals surface area contributed by atoms with Crippen molar-refractivity contribution in [2.75, 3.05) is 19.8 Å². The van der Waals surface area contributed by atoms with Gasteiger partial charge in [-0.3, -0.25) is 4.99 Å². The van der Waals surface area contributed by atoms with Crippen LogP contribution in [0.5, 0.6) is 0 Å². The minimum Gasteiger partial charge on any atom is -0.376 e. The summed E-state index contributed by atoms with van der Waals surface area (Å²) in [6, 6.07) is 21.1. The van der Waals surface area contributed by atoms with Crippen molar-refractivity contribution in [3.8, 4) is 0 Å². The summed E-state index contributed by atoms with van der Waals surface area (Å²) in [4.78, 5) is 5.05. The first-order chi connectivity index (χ1) is 12.8. The highest BCUT2D eigenvalue weighted by Gasteiger charge is 2.42. The molecule has 4 rings (SSSR count). The van der Waals surface area contributed by atoms with Crippen LogP contribution in [0, 0.1) is 0 Å². The fraction of sp³-hybridized carbons (Fsp3) is 0.409. The van der Waals surface area contributed by atoms with Crippen LogP contribution in [-0.4, -0.2) is 31.8 Å². The van der Waals surface area contributed by atoms with Crippen molar-refractivity contribution in [3.63, 3.8) is 0 Å². The van der Waals surface area contributed by atoms with E-state index in [9.17, 15) is 0 Å². The molecular formula is C22H26N2O2. The third-order valence-corrected chi connectivity index (χ3v) is 5.30. The smallest absolute Gasteiger partial charge is 0.124 e. The van der Waals surface area contributed by atoms with Crippen molar-refractivity contribution in [2.45, 2.75) is 37.5 Å². The van der Waals surface area contributed by atoms with Crippen LogP contribution in [0.2, 0.25) is 0 Å². The number of hydrogen-bond donors (Lipinski definition) is 1. The van der Waals surface area contributed by atoms with Gasteiger partial charge in [0.1, 0.15) is 18.0 Å². The van der Waals surface area contributed by atoms with Crippen LogP contribution in [0.3, 0.4) is 0 Å². The zero-order valence-electron chi connectivity index (χ0n) is 15.2. The first-order valence-electron chi connectivity index (χ1n) is 9.41. The highest BCUT2D eigenvalue weighted by atomic mass is 16.5. The lowest BCUT2D eigenvalue weighted by molar-refractivity contribution is 0.0293. The van der Waals surface area contributed by atoms with E-state index in [1.807, 2.05) is 12.1 Å². The van der Waals surface area contributed by atoms with E-state index in [1.165, 1.54) is 11.1 Å². The van der Waals surface area contributed by atoms with Gasteiger partial charge >= 0.3 is 0 Å². The van der Waals surface area contributed by atoms with Gasteiger partial charge in [0.15, 0.2) is 0 Å². The Kier molecular flexibility index (Phi) is 5.05. The van der Waals surface area contributed by atoms with Crippen molar-refractivity contribution in [1.29, 1.82) is 0 Å². The zero-order chi connectivity index (χ0) is 17.8. The first kappa shape index (κ1) is 17.3. The van der Waals surface area contributed by atoms with E-state index >= 15 is 0 Å². The molecule has 4 heteroatoms. The van der Waals surface area contributed by atoms with Crippen LogP contribution in [-0.2, 0) is 15.0 Å². The Bertz CT molecular complexity index is 741. The second-order valence-corrected chi connectivity index (χ2v) is 7.21. The summed E-state index contributed by atoms with van der Waals surface area (Å²) in [6.45, 7) is 4.18.